The maximum absolute atomic E-state index is 9.25. The molecule has 6 nitrogen and oxygen atoms in total. The quantitative estimate of drug-likeness (QED) is 0.451. The maximum atomic E-state index is 9.25. The van der Waals surface area contributed by atoms with Gasteiger partial charge in [0, 0.05) is 24.1 Å². The summed E-state index contributed by atoms with van der Waals surface area (Å²) in [5, 5.41) is 12.5. The highest BCUT2D eigenvalue weighted by Gasteiger charge is 2.19. The van der Waals surface area contributed by atoms with Crippen LogP contribution in [0.15, 0.2) is 6.33 Å². The van der Waals surface area contributed by atoms with Crippen molar-refractivity contribution in [3.05, 3.63) is 11.9 Å². The highest BCUT2D eigenvalue weighted by atomic mass is 16.3. The van der Waals surface area contributed by atoms with E-state index in [4.69, 9.17) is 5.84 Å². The molecule has 5 N–H and O–H groups in total. The Balaban J connectivity index is 2.95. The van der Waals surface area contributed by atoms with Crippen LogP contribution in [0.25, 0.3) is 0 Å². The summed E-state index contributed by atoms with van der Waals surface area (Å²) in [6, 6.07) is 0. The first-order valence-electron chi connectivity index (χ1n) is 6.07. The normalized spacial score (nSPS) is 11.7. The van der Waals surface area contributed by atoms with Crippen LogP contribution in [-0.2, 0) is 0 Å². The molecule has 6 heteroatoms. The third-order valence-electron chi connectivity index (χ3n) is 2.76. The SMILES string of the molecule is CC(C)c1c(NN)ncnc1NCC(C)(C)CO. The molecule has 1 heterocycles. The largest absolute Gasteiger partial charge is 0.396 e. The summed E-state index contributed by atoms with van der Waals surface area (Å²) < 4.78 is 0. The number of aliphatic hydroxyl groups is 1. The van der Waals surface area contributed by atoms with Crippen LogP contribution in [0.2, 0.25) is 0 Å². The van der Waals surface area contributed by atoms with Crippen LogP contribution in [-0.4, -0.2) is 28.2 Å². The Morgan fingerprint density at radius 2 is 1.94 bits per heavy atom. The van der Waals surface area contributed by atoms with E-state index in [9.17, 15) is 5.11 Å². The van der Waals surface area contributed by atoms with Crippen molar-refractivity contribution < 1.29 is 5.11 Å². The molecule has 0 saturated carbocycles. The third kappa shape index (κ3) is 3.54. The van der Waals surface area contributed by atoms with Crippen molar-refractivity contribution in [1.82, 2.24) is 9.97 Å². The highest BCUT2D eigenvalue weighted by molar-refractivity contribution is 5.58. The summed E-state index contributed by atoms with van der Waals surface area (Å²) in [4.78, 5) is 8.35. The van der Waals surface area contributed by atoms with Crippen LogP contribution in [0, 0.1) is 5.41 Å². The van der Waals surface area contributed by atoms with Gasteiger partial charge >= 0.3 is 0 Å². The van der Waals surface area contributed by atoms with Gasteiger partial charge in [-0.2, -0.15) is 0 Å². The maximum Gasteiger partial charge on any atom is 0.148 e. The van der Waals surface area contributed by atoms with E-state index in [2.05, 4.69) is 34.6 Å². The van der Waals surface area contributed by atoms with Crippen LogP contribution in [0.1, 0.15) is 39.2 Å². The van der Waals surface area contributed by atoms with E-state index in [0.717, 1.165) is 11.4 Å². The second-order valence-electron chi connectivity index (χ2n) is 5.46. The van der Waals surface area contributed by atoms with Gasteiger partial charge in [0.1, 0.15) is 18.0 Å². The zero-order chi connectivity index (χ0) is 13.8. The summed E-state index contributed by atoms with van der Waals surface area (Å²) >= 11 is 0. The molecule has 0 aromatic carbocycles. The van der Waals surface area contributed by atoms with Crippen molar-refractivity contribution >= 4 is 11.6 Å². The molecular weight excluding hydrogens is 230 g/mol. The van der Waals surface area contributed by atoms with Gasteiger partial charge in [-0.05, 0) is 5.92 Å². The van der Waals surface area contributed by atoms with E-state index >= 15 is 0 Å². The molecule has 0 aliphatic rings. The Kier molecular flexibility index (Phi) is 4.86. The summed E-state index contributed by atoms with van der Waals surface area (Å²) in [7, 11) is 0. The molecule has 0 spiro atoms. The van der Waals surface area contributed by atoms with Gasteiger partial charge in [0.25, 0.3) is 0 Å². The van der Waals surface area contributed by atoms with E-state index < -0.39 is 0 Å². The molecule has 1 aromatic rings. The molecule has 1 aromatic heterocycles. The number of rotatable bonds is 6. The molecule has 0 bridgehead atoms. The van der Waals surface area contributed by atoms with Gasteiger partial charge < -0.3 is 15.8 Å². The number of nitrogen functional groups attached to an aromatic ring is 1. The van der Waals surface area contributed by atoms with Crippen LogP contribution < -0.4 is 16.6 Å². The standard InChI is InChI=1S/C12H23N5O/c1-8(2)9-10(14-5-12(3,4)6-18)15-7-16-11(9)17-13/h7-8,18H,5-6,13H2,1-4H3,(H2,14,15,16,17). The zero-order valence-electron chi connectivity index (χ0n) is 11.5. The molecule has 0 aliphatic heterocycles. The lowest BCUT2D eigenvalue weighted by molar-refractivity contribution is 0.170. The van der Waals surface area contributed by atoms with Crippen molar-refractivity contribution in [3.8, 4) is 0 Å². The van der Waals surface area contributed by atoms with Crippen molar-refractivity contribution in [2.45, 2.75) is 33.6 Å². The number of aliphatic hydroxyl groups excluding tert-OH is 1. The minimum Gasteiger partial charge on any atom is -0.396 e. The topological polar surface area (TPSA) is 96.1 Å². The van der Waals surface area contributed by atoms with Crippen molar-refractivity contribution in [1.29, 1.82) is 0 Å². The number of hydrogen-bond donors (Lipinski definition) is 4. The van der Waals surface area contributed by atoms with Gasteiger partial charge in [0.2, 0.25) is 0 Å². The lowest BCUT2D eigenvalue weighted by Gasteiger charge is -2.24. The highest BCUT2D eigenvalue weighted by Crippen LogP contribution is 2.28. The molecule has 102 valence electrons. The van der Waals surface area contributed by atoms with Gasteiger partial charge in [-0.1, -0.05) is 27.7 Å². The second kappa shape index (κ2) is 5.97. The fourth-order valence-electron chi connectivity index (χ4n) is 1.58. The first kappa shape index (κ1) is 14.7. The van der Waals surface area contributed by atoms with Crippen molar-refractivity contribution in [3.63, 3.8) is 0 Å². The van der Waals surface area contributed by atoms with Gasteiger partial charge in [-0.15, -0.1) is 0 Å². The predicted octanol–water partition coefficient (Wildman–Crippen LogP) is 1.32. The van der Waals surface area contributed by atoms with E-state index in [1.165, 1.54) is 6.33 Å². The van der Waals surface area contributed by atoms with E-state index in [0.29, 0.717) is 12.4 Å². The lowest BCUT2D eigenvalue weighted by Crippen LogP contribution is -2.28. The van der Waals surface area contributed by atoms with Crippen LogP contribution in [0.3, 0.4) is 0 Å². The average molecular weight is 253 g/mol. The summed E-state index contributed by atoms with van der Waals surface area (Å²) in [6.45, 7) is 8.83. The molecule has 1 rings (SSSR count). The molecule has 0 amide bonds. The van der Waals surface area contributed by atoms with Gasteiger partial charge in [-0.25, -0.2) is 15.8 Å². The summed E-state index contributed by atoms with van der Waals surface area (Å²) in [6.07, 6.45) is 1.47. The number of hydrogen-bond acceptors (Lipinski definition) is 6. The first-order valence-corrected chi connectivity index (χ1v) is 6.07. The number of anilines is 2. The van der Waals surface area contributed by atoms with Crippen molar-refractivity contribution in [2.75, 3.05) is 23.9 Å². The van der Waals surface area contributed by atoms with Crippen LogP contribution in [0.4, 0.5) is 11.6 Å². The van der Waals surface area contributed by atoms with Crippen molar-refractivity contribution in [2.24, 2.45) is 11.3 Å². The van der Waals surface area contributed by atoms with Crippen LogP contribution in [0.5, 0.6) is 0 Å². The molecule has 0 radical (unpaired) electrons. The molecule has 18 heavy (non-hydrogen) atoms. The molecular formula is C12H23N5O. The molecule has 0 saturated heterocycles. The first-order chi connectivity index (χ1) is 8.41. The van der Waals surface area contributed by atoms with Gasteiger partial charge in [0.15, 0.2) is 0 Å². The van der Waals surface area contributed by atoms with Gasteiger partial charge in [0.05, 0.1) is 0 Å². The predicted molar refractivity (Wildman–Crippen MR) is 73.3 cm³/mol. The monoisotopic (exact) mass is 253 g/mol. The van der Waals surface area contributed by atoms with E-state index in [1.807, 2.05) is 13.8 Å². The number of nitrogens with zero attached hydrogens (tertiary/aromatic N) is 2. The van der Waals surface area contributed by atoms with Crippen LogP contribution >= 0.6 is 0 Å². The molecule has 0 aliphatic carbocycles. The Hall–Kier alpha value is -1.40. The smallest absolute Gasteiger partial charge is 0.148 e. The summed E-state index contributed by atoms with van der Waals surface area (Å²) in [5.74, 6) is 7.09. The Morgan fingerprint density at radius 1 is 1.33 bits per heavy atom. The second-order valence-corrected chi connectivity index (χ2v) is 5.46. The average Bonchev–Trinajstić information content (AvgIpc) is 2.35. The number of nitrogens with one attached hydrogen (secondary N) is 2. The number of aromatic nitrogens is 2. The third-order valence-corrected chi connectivity index (χ3v) is 2.76. The fourth-order valence-corrected chi connectivity index (χ4v) is 1.58. The minimum absolute atomic E-state index is 0.115. The van der Waals surface area contributed by atoms with E-state index in [-0.39, 0.29) is 17.9 Å². The Morgan fingerprint density at radius 3 is 2.44 bits per heavy atom. The van der Waals surface area contributed by atoms with Gasteiger partial charge in [-0.3, -0.25) is 0 Å². The Bertz CT molecular complexity index is 392. The zero-order valence-corrected chi connectivity index (χ0v) is 11.5. The molecule has 0 unspecified atom stereocenters. The summed E-state index contributed by atoms with van der Waals surface area (Å²) in [5.41, 5.74) is 3.34. The number of nitrogens with two attached hydrogens (primary N) is 1. The Labute approximate surface area is 108 Å². The number of hydrazine groups is 1. The van der Waals surface area contributed by atoms with E-state index in [1.54, 1.807) is 0 Å². The minimum atomic E-state index is -0.199. The molecule has 0 fully saturated rings. The molecule has 0 atom stereocenters. The fraction of sp³-hybridized carbons (Fsp3) is 0.667. The lowest BCUT2D eigenvalue weighted by atomic mass is 9.94.